The Balaban J connectivity index is 2.10. The number of ketones is 1. The van der Waals surface area contributed by atoms with E-state index in [1.54, 1.807) is 0 Å². The van der Waals surface area contributed by atoms with Crippen molar-refractivity contribution in [3.05, 3.63) is 71.3 Å². The van der Waals surface area contributed by atoms with Gasteiger partial charge in [0.2, 0.25) is 0 Å². The van der Waals surface area contributed by atoms with Gasteiger partial charge in [-0.1, -0.05) is 61.5 Å². The van der Waals surface area contributed by atoms with Crippen LogP contribution in [0.1, 0.15) is 34.8 Å². The van der Waals surface area contributed by atoms with Crippen LogP contribution in [0.2, 0.25) is 0 Å². The van der Waals surface area contributed by atoms with Gasteiger partial charge in [-0.25, -0.2) is 0 Å². The molecule has 0 fully saturated rings. The average Bonchev–Trinajstić information content (AvgIpc) is 2.59. The second kappa shape index (κ2) is 7.66. The van der Waals surface area contributed by atoms with Crippen LogP contribution in [0, 0.1) is 5.41 Å². The van der Waals surface area contributed by atoms with Crippen molar-refractivity contribution < 1.29 is 4.79 Å². The van der Waals surface area contributed by atoms with E-state index in [0.717, 1.165) is 18.4 Å². The molecular weight excluding hydrogens is 272 g/mol. The van der Waals surface area contributed by atoms with Crippen molar-refractivity contribution in [2.24, 2.45) is 0 Å². The first-order chi connectivity index (χ1) is 10.7. The zero-order valence-electron chi connectivity index (χ0n) is 13.1. The van der Waals surface area contributed by atoms with Gasteiger partial charge in [0.15, 0.2) is 5.78 Å². The molecule has 0 saturated heterocycles. The number of likely N-dealkylation sites (N-methyl/N-ethyl adjacent to an activating group) is 1. The molecule has 0 radical (unpaired) electrons. The Morgan fingerprint density at radius 2 is 1.64 bits per heavy atom. The summed E-state index contributed by atoms with van der Waals surface area (Å²) in [4.78, 5) is 12.3. The second-order valence-electron chi connectivity index (χ2n) is 5.32. The summed E-state index contributed by atoms with van der Waals surface area (Å²) in [5.41, 5.74) is 3.23. The largest absolute Gasteiger partial charge is 0.312 e. The Morgan fingerprint density at radius 3 is 2.18 bits per heavy atom. The van der Waals surface area contributed by atoms with E-state index in [-0.39, 0.29) is 11.8 Å². The van der Waals surface area contributed by atoms with Gasteiger partial charge in [0.1, 0.15) is 0 Å². The van der Waals surface area contributed by atoms with E-state index in [4.69, 9.17) is 5.41 Å². The molecule has 0 saturated carbocycles. The summed E-state index contributed by atoms with van der Waals surface area (Å²) in [7, 11) is 1.88. The van der Waals surface area contributed by atoms with Crippen LogP contribution < -0.4 is 5.32 Å². The average molecular weight is 294 g/mol. The van der Waals surface area contributed by atoms with Crippen LogP contribution in [0.5, 0.6) is 0 Å². The van der Waals surface area contributed by atoms with Gasteiger partial charge in [0.05, 0.1) is 0 Å². The molecule has 0 spiro atoms. The molecule has 2 aromatic rings. The van der Waals surface area contributed by atoms with E-state index in [9.17, 15) is 4.79 Å². The molecule has 1 atom stereocenters. The highest BCUT2D eigenvalue weighted by Gasteiger charge is 2.13. The molecule has 3 heteroatoms. The zero-order valence-corrected chi connectivity index (χ0v) is 13.1. The Kier molecular flexibility index (Phi) is 5.61. The quantitative estimate of drug-likeness (QED) is 0.607. The van der Waals surface area contributed by atoms with Crippen molar-refractivity contribution >= 4 is 11.5 Å². The summed E-state index contributed by atoms with van der Waals surface area (Å²) in [6, 6.07) is 17.0. The third kappa shape index (κ3) is 3.89. The third-order valence-corrected chi connectivity index (χ3v) is 3.84. The SMILES string of the molecule is CCC(=N)C(Cc1ccc(C(=O)c2ccccc2)cc1)NC. The van der Waals surface area contributed by atoms with E-state index < -0.39 is 0 Å². The minimum atomic E-state index is 0.0404. The predicted molar refractivity (Wildman–Crippen MR) is 90.9 cm³/mol. The fourth-order valence-electron chi connectivity index (χ4n) is 2.43. The Morgan fingerprint density at radius 1 is 1.05 bits per heavy atom. The Hall–Kier alpha value is -2.26. The second-order valence-corrected chi connectivity index (χ2v) is 5.32. The number of carbonyl (C=O) groups is 1. The number of hydrogen-bond donors (Lipinski definition) is 2. The van der Waals surface area contributed by atoms with Crippen molar-refractivity contribution in [1.82, 2.24) is 5.32 Å². The smallest absolute Gasteiger partial charge is 0.193 e. The summed E-state index contributed by atoms with van der Waals surface area (Å²) in [5.74, 6) is 0.0404. The first-order valence-electron chi connectivity index (χ1n) is 7.59. The van der Waals surface area contributed by atoms with Gasteiger partial charge < -0.3 is 10.7 Å². The summed E-state index contributed by atoms with van der Waals surface area (Å²) >= 11 is 0. The minimum Gasteiger partial charge on any atom is -0.312 e. The van der Waals surface area contributed by atoms with Gasteiger partial charge >= 0.3 is 0 Å². The molecule has 2 aromatic carbocycles. The zero-order chi connectivity index (χ0) is 15.9. The number of hydrogen-bond acceptors (Lipinski definition) is 3. The molecule has 22 heavy (non-hydrogen) atoms. The lowest BCUT2D eigenvalue weighted by Crippen LogP contribution is -2.35. The first kappa shape index (κ1) is 16.1. The van der Waals surface area contributed by atoms with Crippen LogP contribution in [-0.2, 0) is 6.42 Å². The summed E-state index contributed by atoms with van der Waals surface area (Å²) in [6.07, 6.45) is 1.51. The lowest BCUT2D eigenvalue weighted by Gasteiger charge is -2.16. The van der Waals surface area contributed by atoms with Crippen molar-refractivity contribution in [1.29, 1.82) is 5.41 Å². The Bertz CT molecular complexity index is 632. The maximum Gasteiger partial charge on any atom is 0.193 e. The van der Waals surface area contributed by atoms with E-state index in [0.29, 0.717) is 16.8 Å². The monoisotopic (exact) mass is 294 g/mol. The summed E-state index contributed by atoms with van der Waals surface area (Å²) in [5, 5.41) is 11.1. The highest BCUT2D eigenvalue weighted by atomic mass is 16.1. The highest BCUT2D eigenvalue weighted by molar-refractivity contribution is 6.08. The third-order valence-electron chi connectivity index (χ3n) is 3.84. The van der Waals surface area contributed by atoms with Gasteiger partial charge in [-0.3, -0.25) is 4.79 Å². The van der Waals surface area contributed by atoms with E-state index >= 15 is 0 Å². The first-order valence-corrected chi connectivity index (χ1v) is 7.59. The number of rotatable bonds is 7. The van der Waals surface area contributed by atoms with Gasteiger partial charge in [-0.15, -0.1) is 0 Å². The number of benzene rings is 2. The molecule has 0 aliphatic carbocycles. The maximum atomic E-state index is 12.3. The fraction of sp³-hybridized carbons (Fsp3) is 0.263. The van der Waals surface area contributed by atoms with Crippen LogP contribution in [0.3, 0.4) is 0 Å². The molecule has 0 heterocycles. The molecule has 0 amide bonds. The molecule has 2 N–H and O–H groups in total. The van der Waals surface area contributed by atoms with Crippen LogP contribution in [0.25, 0.3) is 0 Å². The molecule has 0 aliphatic rings. The van der Waals surface area contributed by atoms with E-state index in [1.807, 2.05) is 68.6 Å². The van der Waals surface area contributed by atoms with Gasteiger partial charge in [-0.05, 0) is 25.5 Å². The standard InChI is InChI=1S/C19H22N2O/c1-3-17(20)18(21-2)13-14-9-11-16(12-10-14)19(22)15-7-5-4-6-8-15/h4-12,18,20-21H,3,13H2,1-2H3. The van der Waals surface area contributed by atoms with Crippen molar-refractivity contribution in [3.63, 3.8) is 0 Å². The van der Waals surface area contributed by atoms with Crippen molar-refractivity contribution in [2.75, 3.05) is 7.05 Å². The van der Waals surface area contributed by atoms with Crippen LogP contribution in [-0.4, -0.2) is 24.6 Å². The molecule has 0 aromatic heterocycles. The minimum absolute atomic E-state index is 0.0404. The molecular formula is C19H22N2O. The van der Waals surface area contributed by atoms with E-state index in [2.05, 4.69) is 5.32 Å². The fourth-order valence-corrected chi connectivity index (χ4v) is 2.43. The molecule has 3 nitrogen and oxygen atoms in total. The van der Waals surface area contributed by atoms with Crippen molar-refractivity contribution in [3.8, 4) is 0 Å². The summed E-state index contributed by atoms with van der Waals surface area (Å²) < 4.78 is 0. The Labute approximate surface area is 131 Å². The van der Waals surface area contributed by atoms with Crippen LogP contribution in [0.4, 0.5) is 0 Å². The van der Waals surface area contributed by atoms with Gasteiger partial charge in [-0.2, -0.15) is 0 Å². The van der Waals surface area contributed by atoms with Crippen molar-refractivity contribution in [2.45, 2.75) is 25.8 Å². The predicted octanol–water partition coefficient (Wildman–Crippen LogP) is 3.48. The lowest BCUT2D eigenvalue weighted by molar-refractivity contribution is 0.103. The van der Waals surface area contributed by atoms with Gasteiger partial charge in [0, 0.05) is 22.9 Å². The van der Waals surface area contributed by atoms with Gasteiger partial charge in [0.25, 0.3) is 0 Å². The molecule has 1 unspecified atom stereocenters. The van der Waals surface area contributed by atoms with E-state index in [1.165, 1.54) is 0 Å². The summed E-state index contributed by atoms with van der Waals surface area (Å²) in [6.45, 7) is 1.99. The highest BCUT2D eigenvalue weighted by Crippen LogP contribution is 2.12. The lowest BCUT2D eigenvalue weighted by atomic mass is 9.97. The molecule has 0 aliphatic heterocycles. The number of carbonyl (C=O) groups excluding carboxylic acids is 1. The number of nitrogens with one attached hydrogen (secondary N) is 2. The van der Waals surface area contributed by atoms with Crippen LogP contribution in [0.15, 0.2) is 54.6 Å². The molecule has 0 bridgehead atoms. The van der Waals surface area contributed by atoms with Crippen LogP contribution >= 0.6 is 0 Å². The molecule has 2 rings (SSSR count). The normalized spacial score (nSPS) is 11.9. The molecule has 114 valence electrons. The maximum absolute atomic E-state index is 12.3. The topological polar surface area (TPSA) is 53.0 Å².